The summed E-state index contributed by atoms with van der Waals surface area (Å²) < 4.78 is 0. The zero-order chi connectivity index (χ0) is 14.0. The molecule has 0 heterocycles. The quantitative estimate of drug-likeness (QED) is 0.643. The minimum atomic E-state index is -0.0625. The Labute approximate surface area is 123 Å². The van der Waals surface area contributed by atoms with Crippen molar-refractivity contribution in [3.63, 3.8) is 0 Å². The second-order valence-electron chi connectivity index (χ2n) is 2.53. The van der Waals surface area contributed by atoms with Crippen molar-refractivity contribution in [3.8, 4) is 0 Å². The molecule has 3 N–H and O–H groups in total. The molecule has 0 saturated heterocycles. The van der Waals surface area contributed by atoms with Crippen LogP contribution in [0.5, 0.6) is 0 Å². The van der Waals surface area contributed by atoms with Crippen LogP contribution in [-0.4, -0.2) is 46.7 Å². The maximum Gasteiger partial charge on any atom is 0.137 e. The summed E-state index contributed by atoms with van der Waals surface area (Å²) in [5, 5.41) is 22.7. The van der Waals surface area contributed by atoms with Gasteiger partial charge in [-0.3, -0.25) is 9.59 Å². The van der Waals surface area contributed by atoms with Gasteiger partial charge in [-0.25, -0.2) is 0 Å². The third-order valence-corrected chi connectivity index (χ3v) is 0.498. The average molecular weight is 330 g/mol. The van der Waals surface area contributed by atoms with E-state index in [-0.39, 0.29) is 64.0 Å². The van der Waals surface area contributed by atoms with Gasteiger partial charge in [0.05, 0.1) is 6.42 Å². The zero-order valence-corrected chi connectivity index (χ0v) is 13.9. The summed E-state index contributed by atoms with van der Waals surface area (Å²) in [5.74, 6) is -0.125. The largest absolute Gasteiger partial charge is 0.397 e. The molecule has 0 amide bonds. The third-order valence-electron chi connectivity index (χ3n) is 0.498. The van der Waals surface area contributed by atoms with Gasteiger partial charge in [0.2, 0.25) is 0 Å². The molecule has 0 aliphatic heterocycles. The molecule has 0 bridgehead atoms. The fourth-order valence-electron chi connectivity index (χ4n) is 0.351. The number of hydrogen-bond acceptors (Lipinski definition) is 5. The number of carbonyl (C=O) groups is 2. The summed E-state index contributed by atoms with van der Waals surface area (Å²) in [6.07, 6.45) is 0.0833. The van der Waals surface area contributed by atoms with E-state index in [2.05, 4.69) is 0 Å². The fraction of sp³-hybridized carbons (Fsp3) is 0.818. The molecule has 0 rings (SSSR count). The first-order chi connectivity index (χ1) is 7.37. The molecule has 104 valence electrons. The molecule has 0 aromatic heterocycles. The van der Waals surface area contributed by atoms with Crippen molar-refractivity contribution in [1.82, 2.24) is 0 Å². The second kappa shape index (κ2) is 36.0. The molecule has 6 heteroatoms. The topological polar surface area (TPSA) is 94.8 Å². The Morgan fingerprint density at radius 2 is 0.882 bits per heavy atom. The Balaban J connectivity index is -0.0000000411. The first kappa shape index (κ1) is 30.3. The number of aliphatic hydroxyl groups is 3. The van der Waals surface area contributed by atoms with Crippen LogP contribution in [0.2, 0.25) is 0 Å². The Hall–Kier alpha value is 0.103. The van der Waals surface area contributed by atoms with E-state index in [9.17, 15) is 9.59 Å². The minimum absolute atomic E-state index is 0. The van der Waals surface area contributed by atoms with E-state index in [4.69, 9.17) is 15.3 Å². The Morgan fingerprint density at radius 3 is 0.882 bits per heavy atom. The number of Topliss-reactive ketones (excluding diaryl/α,β-unsaturated/α-hetero) is 2. The molecule has 0 atom stereocenters. The molecule has 5 nitrogen and oxygen atoms in total. The van der Waals surface area contributed by atoms with E-state index < -0.39 is 0 Å². The number of rotatable bonds is 2. The van der Waals surface area contributed by atoms with Gasteiger partial charge in [0.1, 0.15) is 11.6 Å². The van der Waals surface area contributed by atoms with Crippen LogP contribution in [0.1, 0.15) is 41.0 Å². The number of hydrogen-bond donors (Lipinski definition) is 3. The summed E-state index contributed by atoms with van der Waals surface area (Å²) in [4.78, 5) is 20.1. The Bertz CT molecular complexity index is 123. The molecular weight excluding hydrogens is 303 g/mol. The van der Waals surface area contributed by atoms with Gasteiger partial charge in [0.15, 0.2) is 0 Å². The first-order valence-electron chi connectivity index (χ1n) is 5.19. The van der Waals surface area contributed by atoms with Crippen LogP contribution in [-0.2, 0) is 35.8 Å². The van der Waals surface area contributed by atoms with Crippen LogP contribution >= 0.6 is 0 Å². The van der Waals surface area contributed by atoms with E-state index in [1.54, 1.807) is 20.8 Å². The minimum Gasteiger partial charge on any atom is -0.397 e. The molecule has 0 aromatic carbocycles. The first-order valence-corrected chi connectivity index (χ1v) is 5.19. The van der Waals surface area contributed by atoms with E-state index in [1.807, 2.05) is 0 Å². The van der Waals surface area contributed by atoms with Gasteiger partial charge < -0.3 is 15.3 Å². The molecule has 0 unspecified atom stereocenters. The van der Waals surface area contributed by atoms with Crippen molar-refractivity contribution in [2.24, 2.45) is 0 Å². The van der Waals surface area contributed by atoms with Crippen molar-refractivity contribution < 1.29 is 51.1 Å². The van der Waals surface area contributed by atoms with Crippen LogP contribution in [0, 0.1) is 0 Å². The smallest absolute Gasteiger partial charge is 0.137 e. The van der Waals surface area contributed by atoms with Gasteiger partial charge in [-0.05, 0) is 34.6 Å². The molecule has 0 spiro atoms. The predicted molar refractivity (Wildman–Crippen MR) is 64.3 cm³/mol. The zero-order valence-electron chi connectivity index (χ0n) is 11.5. The van der Waals surface area contributed by atoms with Crippen LogP contribution < -0.4 is 0 Å². The van der Waals surface area contributed by atoms with Crippen molar-refractivity contribution in [3.05, 3.63) is 0 Å². The number of ketones is 2. The molecule has 17 heavy (non-hydrogen) atoms. The number of carbonyl (C=O) groups excluding carboxylic acids is 2. The Morgan fingerprint density at radius 1 is 0.765 bits per heavy atom. The number of aliphatic hydroxyl groups excluding tert-OH is 3. The summed E-state index contributed by atoms with van der Waals surface area (Å²) >= 11 is 0. The third kappa shape index (κ3) is 190. The molecule has 0 aliphatic carbocycles. The SMILES string of the molecule is CC(=O)CC(C)=O.CCO.CCO.CCO.[Zr]. The van der Waals surface area contributed by atoms with Crippen molar-refractivity contribution in [2.45, 2.75) is 41.0 Å². The van der Waals surface area contributed by atoms with Gasteiger partial charge in [0.25, 0.3) is 0 Å². The molecular formula is C11H26O5Zr. The van der Waals surface area contributed by atoms with Crippen molar-refractivity contribution in [1.29, 1.82) is 0 Å². The Kier molecular flexibility index (Phi) is 64.1. The normalized spacial score (nSPS) is 6.59. The second-order valence-corrected chi connectivity index (χ2v) is 2.53. The summed E-state index contributed by atoms with van der Waals surface area (Å²) in [6.45, 7) is 8.60. The van der Waals surface area contributed by atoms with E-state index >= 15 is 0 Å². The van der Waals surface area contributed by atoms with Gasteiger partial charge >= 0.3 is 0 Å². The molecule has 0 fully saturated rings. The van der Waals surface area contributed by atoms with Gasteiger partial charge in [-0.2, -0.15) is 0 Å². The predicted octanol–water partition coefficient (Wildman–Crippen LogP) is 0.548. The molecule has 0 aromatic rings. The van der Waals surface area contributed by atoms with Crippen LogP contribution in [0.15, 0.2) is 0 Å². The van der Waals surface area contributed by atoms with E-state index in [0.717, 1.165) is 0 Å². The fourth-order valence-corrected chi connectivity index (χ4v) is 0.351. The molecule has 0 radical (unpaired) electrons. The summed E-state index contributed by atoms with van der Waals surface area (Å²) in [7, 11) is 0. The van der Waals surface area contributed by atoms with Crippen LogP contribution in [0.25, 0.3) is 0 Å². The van der Waals surface area contributed by atoms with Crippen molar-refractivity contribution in [2.75, 3.05) is 19.8 Å². The van der Waals surface area contributed by atoms with Crippen LogP contribution in [0.3, 0.4) is 0 Å². The van der Waals surface area contributed by atoms with Crippen LogP contribution in [0.4, 0.5) is 0 Å². The maximum atomic E-state index is 10.0. The van der Waals surface area contributed by atoms with Gasteiger partial charge in [-0.1, -0.05) is 0 Å². The van der Waals surface area contributed by atoms with E-state index in [0.29, 0.717) is 0 Å². The molecule has 0 saturated carbocycles. The maximum absolute atomic E-state index is 10.0. The van der Waals surface area contributed by atoms with Gasteiger partial charge in [0, 0.05) is 46.0 Å². The monoisotopic (exact) mass is 328 g/mol. The average Bonchev–Trinajstić information content (AvgIpc) is 2.04. The summed E-state index contributed by atoms with van der Waals surface area (Å²) in [5.41, 5.74) is 0. The standard InChI is InChI=1S/C5H8O2.3C2H6O.Zr/c1-4(6)3-5(2)7;3*1-2-3;/h3H2,1-2H3;3*3H,2H2,1H3;. The summed E-state index contributed by atoms with van der Waals surface area (Å²) in [6, 6.07) is 0. The van der Waals surface area contributed by atoms with E-state index in [1.165, 1.54) is 13.8 Å². The van der Waals surface area contributed by atoms with Crippen molar-refractivity contribution >= 4 is 11.6 Å². The molecule has 0 aliphatic rings. The van der Waals surface area contributed by atoms with Gasteiger partial charge in [-0.15, -0.1) is 0 Å².